The van der Waals surface area contributed by atoms with Crippen LogP contribution in [0.1, 0.15) is 12.5 Å². The van der Waals surface area contributed by atoms with Gasteiger partial charge in [-0.1, -0.05) is 29.5 Å². The zero-order valence-electron chi connectivity index (χ0n) is 17.3. The van der Waals surface area contributed by atoms with E-state index in [-0.39, 0.29) is 17.0 Å². The highest BCUT2D eigenvalue weighted by atomic mass is 32.1. The molecule has 0 spiro atoms. The molecule has 0 fully saturated rings. The molecule has 0 atom stereocenters. The van der Waals surface area contributed by atoms with E-state index in [9.17, 15) is 14.9 Å². The fourth-order valence-corrected chi connectivity index (χ4v) is 4.31. The predicted molar refractivity (Wildman–Crippen MR) is 123 cm³/mol. The summed E-state index contributed by atoms with van der Waals surface area (Å²) in [5, 5.41) is 20.3. The topological polar surface area (TPSA) is 117 Å². The van der Waals surface area contributed by atoms with Crippen molar-refractivity contribution in [3.8, 4) is 22.7 Å². The van der Waals surface area contributed by atoms with Gasteiger partial charge in [0.05, 0.1) is 21.7 Å². The zero-order chi connectivity index (χ0) is 22.9. The lowest BCUT2D eigenvalue weighted by Gasteiger charge is -2.06. The van der Waals surface area contributed by atoms with Crippen molar-refractivity contribution in [2.45, 2.75) is 6.92 Å². The average molecular weight is 460 g/mol. The van der Waals surface area contributed by atoms with E-state index < -0.39 is 4.92 Å². The highest BCUT2D eigenvalue weighted by Crippen LogP contribution is 2.33. The molecule has 5 aromatic rings. The molecule has 2 aromatic carbocycles. The second kappa shape index (κ2) is 8.28. The van der Waals surface area contributed by atoms with Gasteiger partial charge in [-0.15, -0.1) is 0 Å². The van der Waals surface area contributed by atoms with Crippen LogP contribution < -0.4 is 14.8 Å². The molecule has 0 radical (unpaired) electrons. The van der Waals surface area contributed by atoms with Crippen molar-refractivity contribution in [1.82, 2.24) is 24.4 Å². The average Bonchev–Trinajstić information content (AvgIpc) is 3.52. The molecule has 0 amide bonds. The number of nitro benzene ring substituents is 1. The lowest BCUT2D eigenvalue weighted by Crippen LogP contribution is -2.23. The van der Waals surface area contributed by atoms with Gasteiger partial charge in [-0.2, -0.15) is 14.7 Å². The van der Waals surface area contributed by atoms with E-state index in [1.807, 2.05) is 30.3 Å². The van der Waals surface area contributed by atoms with Crippen LogP contribution in [0.4, 0.5) is 5.69 Å². The zero-order valence-corrected chi connectivity index (χ0v) is 18.1. The minimum absolute atomic E-state index is 0.155. The maximum absolute atomic E-state index is 12.7. The minimum Gasteiger partial charge on any atom is -0.487 e. The number of aromatic nitrogens is 5. The maximum Gasteiger partial charge on any atom is 0.311 e. The second-order valence-corrected chi connectivity index (χ2v) is 7.97. The highest BCUT2D eigenvalue weighted by molar-refractivity contribution is 7.15. The molecule has 33 heavy (non-hydrogen) atoms. The number of benzene rings is 2. The third kappa shape index (κ3) is 3.74. The Balaban J connectivity index is 1.72. The van der Waals surface area contributed by atoms with Crippen molar-refractivity contribution in [3.05, 3.63) is 91.6 Å². The number of thiazole rings is 1. The molecule has 0 unspecified atom stereocenters. The molecule has 3 heterocycles. The van der Waals surface area contributed by atoms with Gasteiger partial charge in [-0.05, 0) is 37.3 Å². The van der Waals surface area contributed by atoms with Gasteiger partial charge >= 0.3 is 5.69 Å². The normalized spacial score (nSPS) is 11.8. The van der Waals surface area contributed by atoms with E-state index in [2.05, 4.69) is 15.2 Å². The van der Waals surface area contributed by atoms with Crippen molar-refractivity contribution in [1.29, 1.82) is 0 Å². The Morgan fingerprint density at radius 3 is 2.76 bits per heavy atom. The quantitative estimate of drug-likeness (QED) is 0.282. The monoisotopic (exact) mass is 460 g/mol. The SMILES string of the molecule is CCOc1ccc(-c2nn(-c3ccccc3)cc2/C=c2\sc3ncnn3c2=O)cc1[N+](=O)[O-]. The fraction of sp³-hybridized carbons (Fsp3) is 0.0909. The first kappa shape index (κ1) is 20.5. The van der Waals surface area contributed by atoms with Crippen LogP contribution in [0.2, 0.25) is 0 Å². The Hall–Kier alpha value is -4.38. The van der Waals surface area contributed by atoms with E-state index in [1.54, 1.807) is 36.0 Å². The molecule has 0 aliphatic carbocycles. The van der Waals surface area contributed by atoms with E-state index in [0.717, 1.165) is 5.69 Å². The molecule has 11 heteroatoms. The van der Waals surface area contributed by atoms with Crippen LogP contribution in [-0.4, -0.2) is 35.9 Å². The smallest absolute Gasteiger partial charge is 0.311 e. The highest BCUT2D eigenvalue weighted by Gasteiger charge is 2.20. The van der Waals surface area contributed by atoms with Gasteiger partial charge in [0.2, 0.25) is 4.96 Å². The van der Waals surface area contributed by atoms with Crippen LogP contribution in [0.5, 0.6) is 5.75 Å². The van der Waals surface area contributed by atoms with Gasteiger partial charge in [-0.3, -0.25) is 14.9 Å². The van der Waals surface area contributed by atoms with Gasteiger partial charge in [0.15, 0.2) is 5.75 Å². The van der Waals surface area contributed by atoms with Crippen molar-refractivity contribution in [3.63, 3.8) is 0 Å². The van der Waals surface area contributed by atoms with Crippen LogP contribution in [0, 0.1) is 10.1 Å². The molecule has 164 valence electrons. The first-order valence-electron chi connectivity index (χ1n) is 9.96. The molecular formula is C22H16N6O4S. The van der Waals surface area contributed by atoms with Gasteiger partial charge in [0, 0.05) is 23.4 Å². The second-order valence-electron chi connectivity index (χ2n) is 6.96. The summed E-state index contributed by atoms with van der Waals surface area (Å²) < 4.78 is 8.74. The summed E-state index contributed by atoms with van der Waals surface area (Å²) in [5.41, 5.74) is 2.01. The molecule has 0 bridgehead atoms. The van der Waals surface area contributed by atoms with Crippen LogP contribution >= 0.6 is 11.3 Å². The summed E-state index contributed by atoms with van der Waals surface area (Å²) in [6.07, 6.45) is 4.81. The van der Waals surface area contributed by atoms with Gasteiger partial charge < -0.3 is 4.74 Å². The first-order chi connectivity index (χ1) is 16.0. The third-order valence-electron chi connectivity index (χ3n) is 4.90. The molecule has 0 aliphatic rings. The number of nitro groups is 1. The molecule has 0 N–H and O–H groups in total. The Bertz CT molecular complexity index is 1590. The number of hydrogen-bond acceptors (Lipinski definition) is 8. The molecule has 10 nitrogen and oxygen atoms in total. The van der Waals surface area contributed by atoms with Crippen molar-refractivity contribution >= 4 is 28.1 Å². The van der Waals surface area contributed by atoms with Crippen molar-refractivity contribution in [2.75, 3.05) is 6.61 Å². The largest absolute Gasteiger partial charge is 0.487 e. The summed E-state index contributed by atoms with van der Waals surface area (Å²) in [7, 11) is 0. The lowest BCUT2D eigenvalue weighted by molar-refractivity contribution is -0.385. The molecule has 0 aliphatic heterocycles. The van der Waals surface area contributed by atoms with Crippen LogP contribution in [-0.2, 0) is 0 Å². The lowest BCUT2D eigenvalue weighted by atomic mass is 10.1. The summed E-state index contributed by atoms with van der Waals surface area (Å²) in [5.74, 6) is 0.187. The summed E-state index contributed by atoms with van der Waals surface area (Å²) in [6, 6.07) is 14.2. The van der Waals surface area contributed by atoms with Crippen molar-refractivity contribution < 1.29 is 9.66 Å². The van der Waals surface area contributed by atoms with E-state index >= 15 is 0 Å². The number of fused-ring (bicyclic) bond motifs is 1. The number of nitrogens with zero attached hydrogens (tertiary/aromatic N) is 6. The van der Waals surface area contributed by atoms with E-state index in [1.165, 1.54) is 28.2 Å². The van der Waals surface area contributed by atoms with Crippen molar-refractivity contribution in [2.24, 2.45) is 0 Å². The fourth-order valence-electron chi connectivity index (χ4n) is 3.43. The molecular weight excluding hydrogens is 444 g/mol. The van der Waals surface area contributed by atoms with Gasteiger partial charge in [0.1, 0.15) is 12.0 Å². The minimum atomic E-state index is -0.484. The maximum atomic E-state index is 12.7. The predicted octanol–water partition coefficient (Wildman–Crippen LogP) is 2.86. The summed E-state index contributed by atoms with van der Waals surface area (Å²) >= 11 is 1.21. The van der Waals surface area contributed by atoms with Crippen LogP contribution in [0.25, 0.3) is 28.0 Å². The number of rotatable bonds is 6. The molecule has 3 aromatic heterocycles. The van der Waals surface area contributed by atoms with Gasteiger partial charge in [-0.25, -0.2) is 9.67 Å². The Kier molecular flexibility index (Phi) is 5.15. The van der Waals surface area contributed by atoms with E-state index in [4.69, 9.17) is 4.74 Å². The van der Waals surface area contributed by atoms with E-state index in [0.29, 0.717) is 32.9 Å². The van der Waals surface area contributed by atoms with Crippen LogP contribution in [0.3, 0.4) is 0 Å². The standard InChI is InChI=1S/C22H16N6O4S/c1-2-32-18-9-8-14(10-17(18)28(30)31)20-15(12-26(25-20)16-6-4-3-5-7-16)11-19-21(29)27-22(33-19)23-13-24-27/h3-13H,2H2,1H3/b19-11-. The number of ether oxygens (including phenoxy) is 1. The summed E-state index contributed by atoms with van der Waals surface area (Å²) in [6.45, 7) is 2.07. The Labute approximate surface area is 190 Å². The molecule has 5 rings (SSSR count). The summed E-state index contributed by atoms with van der Waals surface area (Å²) in [4.78, 5) is 28.4. The van der Waals surface area contributed by atoms with Crippen LogP contribution in [0.15, 0.2) is 65.8 Å². The number of hydrogen-bond donors (Lipinski definition) is 0. The Morgan fingerprint density at radius 1 is 1.21 bits per heavy atom. The molecule has 0 saturated heterocycles. The first-order valence-corrected chi connectivity index (χ1v) is 10.8. The third-order valence-corrected chi connectivity index (χ3v) is 5.87. The Morgan fingerprint density at radius 2 is 2.03 bits per heavy atom. The molecule has 0 saturated carbocycles. The number of para-hydroxylation sites is 1. The van der Waals surface area contributed by atoms with Gasteiger partial charge in [0.25, 0.3) is 5.56 Å².